The Morgan fingerprint density at radius 3 is 2.44 bits per heavy atom. The van der Waals surface area contributed by atoms with E-state index in [4.69, 9.17) is 11.6 Å². The van der Waals surface area contributed by atoms with E-state index in [1.165, 1.54) is 20.9 Å². The number of halogens is 2. The first kappa shape index (κ1) is 14.1. The zero-order valence-corrected chi connectivity index (χ0v) is 13.7. The summed E-state index contributed by atoms with van der Waals surface area (Å²) in [6, 6.07) is 8.45. The van der Waals surface area contributed by atoms with Crippen molar-refractivity contribution in [3.8, 4) is 0 Å². The summed E-state index contributed by atoms with van der Waals surface area (Å²) in [4.78, 5) is 2.69. The molecule has 4 heteroatoms. The van der Waals surface area contributed by atoms with Crippen LogP contribution in [0.1, 0.15) is 26.9 Å². The fourth-order valence-electron chi connectivity index (χ4n) is 2.14. The molecule has 2 rings (SSSR count). The molecular weight excluding hydrogens is 330 g/mol. The topological polar surface area (TPSA) is 12.0 Å². The summed E-state index contributed by atoms with van der Waals surface area (Å²) in [5.74, 6) is 0. The number of aryl methyl sites for hydroxylation is 2. The molecule has 1 aromatic heterocycles. The number of nitrogens with one attached hydrogen (secondary N) is 1. The van der Waals surface area contributed by atoms with Crippen LogP contribution in [0.2, 0.25) is 5.02 Å². The van der Waals surface area contributed by atoms with Crippen molar-refractivity contribution in [2.45, 2.75) is 19.9 Å². The second-order valence-electron chi connectivity index (χ2n) is 4.33. The molecule has 96 valence electrons. The molecule has 1 nitrogen and oxygen atoms in total. The smallest absolute Gasteiger partial charge is 0.0672 e. The van der Waals surface area contributed by atoms with Crippen LogP contribution in [0.4, 0.5) is 0 Å². The van der Waals surface area contributed by atoms with Gasteiger partial charge in [0.15, 0.2) is 0 Å². The molecule has 0 saturated heterocycles. The quantitative estimate of drug-likeness (QED) is 0.818. The predicted octanol–water partition coefficient (Wildman–Crippen LogP) is 5.09. The summed E-state index contributed by atoms with van der Waals surface area (Å²) >= 11 is 11.5. The lowest BCUT2D eigenvalue weighted by molar-refractivity contribution is 0.700. The van der Waals surface area contributed by atoms with Crippen LogP contribution in [0.5, 0.6) is 0 Å². The highest BCUT2D eigenvalue weighted by Gasteiger charge is 2.17. The van der Waals surface area contributed by atoms with Gasteiger partial charge in [-0.15, -0.1) is 11.3 Å². The summed E-state index contributed by atoms with van der Waals surface area (Å²) in [5.41, 5.74) is 2.51. The van der Waals surface area contributed by atoms with Crippen LogP contribution < -0.4 is 5.32 Å². The van der Waals surface area contributed by atoms with Crippen molar-refractivity contribution in [2.24, 2.45) is 0 Å². The Hall–Kier alpha value is -0.350. The van der Waals surface area contributed by atoms with Gasteiger partial charge in [-0.05, 0) is 56.3 Å². The van der Waals surface area contributed by atoms with Gasteiger partial charge in [0.2, 0.25) is 0 Å². The SMILES string of the molecule is CNC(c1cc(Cl)cc(Br)c1)c1sc(C)cc1C. The molecule has 1 heterocycles. The zero-order valence-electron chi connectivity index (χ0n) is 10.6. The molecule has 1 N–H and O–H groups in total. The Morgan fingerprint density at radius 2 is 1.94 bits per heavy atom. The average molecular weight is 345 g/mol. The first-order valence-corrected chi connectivity index (χ1v) is 7.70. The van der Waals surface area contributed by atoms with Gasteiger partial charge < -0.3 is 5.32 Å². The van der Waals surface area contributed by atoms with Gasteiger partial charge in [0.25, 0.3) is 0 Å². The third-order valence-corrected chi connectivity index (χ3v) is 4.74. The van der Waals surface area contributed by atoms with E-state index in [0.717, 1.165) is 9.50 Å². The summed E-state index contributed by atoms with van der Waals surface area (Å²) in [6.45, 7) is 4.30. The second-order valence-corrected chi connectivity index (χ2v) is 6.97. The summed E-state index contributed by atoms with van der Waals surface area (Å²) < 4.78 is 1.01. The third kappa shape index (κ3) is 2.97. The molecule has 0 aliphatic heterocycles. The van der Waals surface area contributed by atoms with Crippen LogP contribution in [0.15, 0.2) is 28.7 Å². The maximum absolute atomic E-state index is 6.13. The minimum atomic E-state index is 0.193. The van der Waals surface area contributed by atoms with Gasteiger partial charge in [0.1, 0.15) is 0 Å². The highest BCUT2D eigenvalue weighted by Crippen LogP contribution is 2.33. The Labute approximate surface area is 125 Å². The van der Waals surface area contributed by atoms with Crippen LogP contribution in [-0.4, -0.2) is 7.05 Å². The first-order chi connectivity index (χ1) is 8.51. The molecular formula is C14H15BrClNS. The highest BCUT2D eigenvalue weighted by molar-refractivity contribution is 9.10. The number of hydrogen-bond donors (Lipinski definition) is 1. The maximum atomic E-state index is 6.13. The molecule has 18 heavy (non-hydrogen) atoms. The molecule has 1 aromatic carbocycles. The Balaban J connectivity index is 2.48. The van der Waals surface area contributed by atoms with Crippen molar-refractivity contribution >= 4 is 38.9 Å². The molecule has 0 fully saturated rings. The number of thiophene rings is 1. The fourth-order valence-corrected chi connectivity index (χ4v) is 4.20. The number of rotatable bonds is 3. The van der Waals surface area contributed by atoms with Gasteiger partial charge in [-0.25, -0.2) is 0 Å². The Morgan fingerprint density at radius 1 is 1.22 bits per heavy atom. The standard InChI is InChI=1S/C14H15BrClNS/c1-8-4-9(2)18-14(8)13(17-3)10-5-11(15)7-12(16)6-10/h4-7,13,17H,1-3H3. The summed E-state index contributed by atoms with van der Waals surface area (Å²) in [7, 11) is 1.98. The number of benzene rings is 1. The third-order valence-electron chi connectivity index (χ3n) is 2.85. The lowest BCUT2D eigenvalue weighted by Crippen LogP contribution is -2.17. The first-order valence-electron chi connectivity index (χ1n) is 5.71. The van der Waals surface area contributed by atoms with Crippen molar-refractivity contribution in [2.75, 3.05) is 7.05 Å². The van der Waals surface area contributed by atoms with E-state index in [-0.39, 0.29) is 6.04 Å². The molecule has 0 aliphatic carbocycles. The van der Waals surface area contributed by atoms with E-state index in [9.17, 15) is 0 Å². The van der Waals surface area contributed by atoms with Gasteiger partial charge in [-0.2, -0.15) is 0 Å². The second kappa shape index (κ2) is 5.74. The predicted molar refractivity (Wildman–Crippen MR) is 83.8 cm³/mol. The fraction of sp³-hybridized carbons (Fsp3) is 0.286. The minimum absolute atomic E-state index is 0.193. The highest BCUT2D eigenvalue weighted by atomic mass is 79.9. The van der Waals surface area contributed by atoms with Crippen LogP contribution in [0.3, 0.4) is 0 Å². The van der Waals surface area contributed by atoms with Crippen LogP contribution in [-0.2, 0) is 0 Å². The molecule has 0 spiro atoms. The Bertz CT molecular complexity index is 545. The van der Waals surface area contributed by atoms with Crippen molar-refractivity contribution in [3.63, 3.8) is 0 Å². The maximum Gasteiger partial charge on any atom is 0.0672 e. The van der Waals surface area contributed by atoms with E-state index < -0.39 is 0 Å². The zero-order chi connectivity index (χ0) is 13.3. The van der Waals surface area contributed by atoms with Crippen LogP contribution in [0.25, 0.3) is 0 Å². The normalized spacial score (nSPS) is 12.7. The van der Waals surface area contributed by atoms with Gasteiger partial charge in [0, 0.05) is 19.2 Å². The van der Waals surface area contributed by atoms with E-state index in [2.05, 4.69) is 47.2 Å². The monoisotopic (exact) mass is 343 g/mol. The summed E-state index contributed by atoms with van der Waals surface area (Å²) in [5, 5.41) is 4.13. The van der Waals surface area contributed by atoms with Crippen molar-refractivity contribution in [1.82, 2.24) is 5.32 Å². The van der Waals surface area contributed by atoms with E-state index >= 15 is 0 Å². The molecule has 2 aromatic rings. The van der Waals surface area contributed by atoms with Crippen molar-refractivity contribution < 1.29 is 0 Å². The van der Waals surface area contributed by atoms with Crippen LogP contribution in [0, 0.1) is 13.8 Å². The average Bonchev–Trinajstić information content (AvgIpc) is 2.58. The van der Waals surface area contributed by atoms with Crippen LogP contribution >= 0.6 is 38.9 Å². The number of hydrogen-bond acceptors (Lipinski definition) is 2. The van der Waals surface area contributed by atoms with Crippen molar-refractivity contribution in [1.29, 1.82) is 0 Å². The van der Waals surface area contributed by atoms with E-state index in [0.29, 0.717) is 0 Å². The molecule has 0 amide bonds. The van der Waals surface area contributed by atoms with Gasteiger partial charge >= 0.3 is 0 Å². The van der Waals surface area contributed by atoms with E-state index in [1.807, 2.05) is 30.5 Å². The van der Waals surface area contributed by atoms with Gasteiger partial charge in [0.05, 0.1) is 6.04 Å². The lowest BCUT2D eigenvalue weighted by Gasteiger charge is -2.17. The molecule has 1 unspecified atom stereocenters. The molecule has 0 aliphatic rings. The minimum Gasteiger partial charge on any atom is -0.309 e. The Kier molecular flexibility index (Phi) is 4.49. The van der Waals surface area contributed by atoms with Gasteiger partial charge in [-0.3, -0.25) is 0 Å². The summed E-state index contributed by atoms with van der Waals surface area (Å²) in [6.07, 6.45) is 0. The molecule has 0 bridgehead atoms. The van der Waals surface area contributed by atoms with Crippen molar-refractivity contribution in [3.05, 3.63) is 54.6 Å². The van der Waals surface area contributed by atoms with E-state index in [1.54, 1.807) is 0 Å². The largest absolute Gasteiger partial charge is 0.309 e. The lowest BCUT2D eigenvalue weighted by atomic mass is 10.0. The molecule has 0 radical (unpaired) electrons. The molecule has 1 atom stereocenters. The van der Waals surface area contributed by atoms with Gasteiger partial charge in [-0.1, -0.05) is 27.5 Å². The molecule has 0 saturated carbocycles.